The molecular formula is C142H94N8. The molecule has 0 aliphatic carbocycles. The first-order valence-corrected chi connectivity index (χ1v) is 50.6. The van der Waals surface area contributed by atoms with Gasteiger partial charge in [-0.15, -0.1) is 0 Å². The predicted octanol–water partition coefficient (Wildman–Crippen LogP) is 37.1. The summed E-state index contributed by atoms with van der Waals surface area (Å²) >= 11 is 0. The highest BCUT2D eigenvalue weighted by Gasteiger charge is 2.19. The molecule has 0 bridgehead atoms. The van der Waals surface area contributed by atoms with E-state index >= 15 is 0 Å². The van der Waals surface area contributed by atoms with Crippen molar-refractivity contribution in [3.8, 4) is 201 Å². The Morgan fingerprint density at radius 2 is 0.293 bits per heavy atom. The van der Waals surface area contributed by atoms with Crippen LogP contribution in [0.2, 0.25) is 0 Å². The first kappa shape index (κ1) is 91.2. The molecule has 8 heteroatoms. The summed E-state index contributed by atoms with van der Waals surface area (Å²) in [6.07, 6.45) is 16.5. The third-order valence-corrected chi connectivity index (χ3v) is 28.4. The van der Waals surface area contributed by atoms with Crippen molar-refractivity contribution in [3.63, 3.8) is 0 Å². The van der Waals surface area contributed by atoms with E-state index in [-0.39, 0.29) is 0 Å². The minimum absolute atomic E-state index is 0.894. The molecule has 0 unspecified atom stereocenters. The summed E-state index contributed by atoms with van der Waals surface area (Å²) in [4.78, 5) is 36.8. The Kier molecular flexibility index (Phi) is 25.1. The van der Waals surface area contributed by atoms with Gasteiger partial charge in [-0.25, -0.2) is 0 Å². The molecule has 702 valence electrons. The smallest absolute Gasteiger partial charge is 0.0892 e. The summed E-state index contributed by atoms with van der Waals surface area (Å²) in [6, 6.07) is 184. The molecule has 8 nitrogen and oxygen atoms in total. The lowest BCUT2D eigenvalue weighted by molar-refractivity contribution is 1.28. The predicted molar refractivity (Wildman–Crippen MR) is 625 cm³/mol. The molecule has 27 aromatic rings. The average Bonchev–Trinajstić information content (AvgIpc) is 0.788. The second-order valence-electron chi connectivity index (χ2n) is 37.9. The molecule has 21 aromatic carbocycles. The second-order valence-corrected chi connectivity index (χ2v) is 37.9. The van der Waals surface area contributed by atoms with Crippen LogP contribution in [0.4, 0.5) is 0 Å². The lowest BCUT2D eigenvalue weighted by atomic mass is 9.91. The van der Waals surface area contributed by atoms with E-state index in [1.165, 1.54) is 121 Å². The Bertz CT molecular complexity index is 8280. The van der Waals surface area contributed by atoms with Crippen LogP contribution in [0.15, 0.2) is 571 Å². The average molecular weight is 1910 g/mol. The van der Waals surface area contributed by atoms with Crippen LogP contribution in [0.1, 0.15) is 0 Å². The van der Waals surface area contributed by atoms with Gasteiger partial charge in [-0.05, 0) is 327 Å². The summed E-state index contributed by atoms with van der Waals surface area (Å²) in [7, 11) is 0. The van der Waals surface area contributed by atoms with Gasteiger partial charge in [0.25, 0.3) is 0 Å². The van der Waals surface area contributed by atoms with Gasteiger partial charge in [0, 0.05) is 89.2 Å². The van der Waals surface area contributed by atoms with Crippen molar-refractivity contribution in [2.75, 3.05) is 0 Å². The molecule has 0 saturated carbocycles. The van der Waals surface area contributed by atoms with E-state index in [9.17, 15) is 0 Å². The highest BCUT2D eigenvalue weighted by atomic mass is 14.8. The van der Waals surface area contributed by atoms with Crippen LogP contribution in [-0.2, 0) is 0 Å². The van der Waals surface area contributed by atoms with Crippen molar-refractivity contribution in [2.45, 2.75) is 0 Å². The van der Waals surface area contributed by atoms with Crippen LogP contribution >= 0.6 is 0 Å². The first-order chi connectivity index (χ1) is 74.2. The fraction of sp³-hybridized carbons (Fsp3) is 0. The Hall–Kier alpha value is -20.1. The standard InChI is InChI=1S/C49H33N.C47H31N3.C46H30N4/c1-2-8-34(9-3-1)37-14-18-39(19-15-37)46-30-47(40-20-16-38(17-21-40)43-24-22-35-10-4-6-12-41(35)28-43)32-48(31-46)45-26-27-49(50-33-45)44-25-23-36-11-5-7-13-42(36)29-44;1-3-8-36-24-38(17-15-32(36)6-1)34-11-13-35(14-12-34)43-26-44(28-45(27-43)41-20-22-47(50-31-41)42-10-5-23-48-29-42)40-19-21-46(49-30-40)39-18-16-33-7-2-4-9-37(33)25-39;1-2-4-31(5-3-1)32-6-12-35(13-7-32)40-26-41(36-14-8-33(9-15-36)38-18-20-43-45(29-38)49-24-22-47-43)28-42(27-40)37-16-10-34(11-17-37)39-19-21-44-46(30-39)50-25-23-48-44/h1-33H;1-31H;1-30H. The summed E-state index contributed by atoms with van der Waals surface area (Å²) in [5.41, 5.74) is 44.4. The Morgan fingerprint density at radius 1 is 0.0933 bits per heavy atom. The van der Waals surface area contributed by atoms with E-state index in [1.54, 1.807) is 31.0 Å². The number of pyridine rings is 4. The van der Waals surface area contributed by atoms with Crippen molar-refractivity contribution in [2.24, 2.45) is 0 Å². The number of nitrogens with zero attached hydrogens (tertiary/aromatic N) is 8. The summed E-state index contributed by atoms with van der Waals surface area (Å²) < 4.78 is 0. The summed E-state index contributed by atoms with van der Waals surface area (Å²) in [5.74, 6) is 0. The van der Waals surface area contributed by atoms with E-state index in [0.29, 0.717) is 0 Å². The van der Waals surface area contributed by atoms with Crippen molar-refractivity contribution in [1.82, 2.24) is 39.9 Å². The summed E-state index contributed by atoms with van der Waals surface area (Å²) in [6.45, 7) is 0. The van der Waals surface area contributed by atoms with Gasteiger partial charge in [0.05, 0.1) is 39.1 Å². The molecule has 0 aliphatic rings. The van der Waals surface area contributed by atoms with Gasteiger partial charge in [0.2, 0.25) is 0 Å². The van der Waals surface area contributed by atoms with Crippen molar-refractivity contribution >= 4 is 65.2 Å². The van der Waals surface area contributed by atoms with Gasteiger partial charge < -0.3 is 0 Å². The molecule has 0 atom stereocenters. The molecule has 0 aliphatic heterocycles. The monoisotopic (exact) mass is 1910 g/mol. The van der Waals surface area contributed by atoms with E-state index < -0.39 is 0 Å². The first-order valence-electron chi connectivity index (χ1n) is 50.6. The van der Waals surface area contributed by atoms with Gasteiger partial charge in [-0.2, -0.15) is 0 Å². The normalized spacial score (nSPS) is 11.2. The van der Waals surface area contributed by atoms with Gasteiger partial charge in [0.15, 0.2) is 0 Å². The van der Waals surface area contributed by atoms with E-state index in [1.807, 2.05) is 49.1 Å². The van der Waals surface area contributed by atoms with Gasteiger partial charge in [-0.3, -0.25) is 39.9 Å². The molecular weight excluding hydrogens is 1820 g/mol. The lowest BCUT2D eigenvalue weighted by Gasteiger charge is -2.13. The number of fused-ring (bicyclic) bond motifs is 6. The van der Waals surface area contributed by atoms with Crippen LogP contribution < -0.4 is 0 Å². The van der Waals surface area contributed by atoms with Crippen molar-refractivity contribution in [3.05, 3.63) is 571 Å². The minimum Gasteiger partial charge on any atom is -0.264 e. The summed E-state index contributed by atoms with van der Waals surface area (Å²) in [5, 5.41) is 9.90. The van der Waals surface area contributed by atoms with Crippen molar-refractivity contribution in [1.29, 1.82) is 0 Å². The fourth-order valence-electron chi connectivity index (χ4n) is 20.2. The Balaban J connectivity index is 0.000000116. The van der Waals surface area contributed by atoms with Gasteiger partial charge >= 0.3 is 0 Å². The largest absolute Gasteiger partial charge is 0.264 e. The van der Waals surface area contributed by atoms with E-state index in [2.05, 4.69) is 516 Å². The molecule has 27 rings (SSSR count). The Labute approximate surface area is 870 Å². The maximum atomic E-state index is 4.95. The van der Waals surface area contributed by atoms with Crippen molar-refractivity contribution < 1.29 is 0 Å². The molecule has 6 heterocycles. The van der Waals surface area contributed by atoms with Gasteiger partial charge in [0.1, 0.15) is 0 Å². The zero-order valence-corrected chi connectivity index (χ0v) is 81.8. The van der Waals surface area contributed by atoms with E-state index in [0.717, 1.165) is 145 Å². The minimum atomic E-state index is 0.894. The van der Waals surface area contributed by atoms with Gasteiger partial charge in [-0.1, -0.05) is 382 Å². The highest BCUT2D eigenvalue weighted by molar-refractivity contribution is 5.95. The SMILES string of the molecule is c1ccc(-c2ccc(-c3cc(-c4ccc(-c5ccc6ccccc6c5)cc4)cc(-c4ccc(-c5ccc6ccccc6c5)nc4)c3)cc2)cc1.c1ccc(-c2ccc(-c3cc(-c4ccc(-c5ccc6nccnc6c5)cc4)cc(-c4ccc(-c5ccc6nccnc6c5)cc4)c3)cc2)cc1.c1cncc(-c2ccc(-c3cc(-c4ccc(-c5ccc6ccccc6c5)cc4)cc(-c4ccc(-c5ccc6ccccc6c5)nc4)c3)cn2)c1. The molecule has 150 heavy (non-hydrogen) atoms. The van der Waals surface area contributed by atoms with Crippen LogP contribution in [0, 0.1) is 0 Å². The fourth-order valence-corrected chi connectivity index (χ4v) is 20.2. The lowest BCUT2D eigenvalue weighted by Crippen LogP contribution is -1.90. The number of aromatic nitrogens is 8. The zero-order chi connectivity index (χ0) is 99.8. The molecule has 0 N–H and O–H groups in total. The maximum absolute atomic E-state index is 4.95. The van der Waals surface area contributed by atoms with Crippen LogP contribution in [0.25, 0.3) is 266 Å². The third-order valence-electron chi connectivity index (χ3n) is 28.4. The van der Waals surface area contributed by atoms with Crippen LogP contribution in [0.3, 0.4) is 0 Å². The molecule has 0 radical (unpaired) electrons. The number of hydrogen-bond donors (Lipinski definition) is 0. The number of hydrogen-bond acceptors (Lipinski definition) is 8. The molecule has 0 saturated heterocycles. The third kappa shape index (κ3) is 19.9. The Morgan fingerprint density at radius 3 is 0.567 bits per heavy atom. The molecule has 0 fully saturated rings. The second kappa shape index (κ2) is 41.3. The topological polar surface area (TPSA) is 103 Å². The molecule has 6 aromatic heterocycles. The number of benzene rings is 21. The number of rotatable bonds is 18. The zero-order valence-electron chi connectivity index (χ0n) is 81.8. The highest BCUT2D eigenvalue weighted by Crippen LogP contribution is 2.43. The maximum Gasteiger partial charge on any atom is 0.0892 e. The van der Waals surface area contributed by atoms with E-state index in [4.69, 9.17) is 15.0 Å². The molecule has 0 amide bonds. The quantitative estimate of drug-likeness (QED) is 0.0837. The van der Waals surface area contributed by atoms with Crippen LogP contribution in [-0.4, -0.2) is 39.9 Å². The molecule has 0 spiro atoms. The van der Waals surface area contributed by atoms with Crippen LogP contribution in [0.5, 0.6) is 0 Å².